The van der Waals surface area contributed by atoms with E-state index in [2.05, 4.69) is 26.6 Å². The minimum Gasteiger partial charge on any atom is -0.459 e. The largest absolute Gasteiger partial charge is 0.459 e. The predicted octanol–water partition coefficient (Wildman–Crippen LogP) is 2.76. The highest BCUT2D eigenvalue weighted by atomic mass is 28.3. The van der Waals surface area contributed by atoms with Gasteiger partial charge in [0.15, 0.2) is 0 Å². The van der Waals surface area contributed by atoms with Crippen molar-refractivity contribution in [3.8, 4) is 0 Å². The zero-order valence-electron chi connectivity index (χ0n) is 9.80. The molecule has 0 aromatic carbocycles. The molecule has 0 aromatic heterocycles. The van der Waals surface area contributed by atoms with E-state index in [9.17, 15) is 4.79 Å². The van der Waals surface area contributed by atoms with Crippen LogP contribution in [0.2, 0.25) is 19.1 Å². The van der Waals surface area contributed by atoms with Crippen LogP contribution in [-0.4, -0.2) is 20.9 Å². The average molecular weight is 214 g/mol. The fourth-order valence-corrected chi connectivity index (χ4v) is 2.16. The second kappa shape index (κ2) is 6.82. The first-order chi connectivity index (χ1) is 6.47. The average Bonchev–Trinajstić information content (AvgIpc) is 2.11. The van der Waals surface area contributed by atoms with E-state index >= 15 is 0 Å². The Morgan fingerprint density at radius 2 is 2.07 bits per heavy atom. The van der Waals surface area contributed by atoms with Gasteiger partial charge in [0.1, 0.15) is 6.10 Å². The van der Waals surface area contributed by atoms with Crippen LogP contribution in [0.5, 0.6) is 0 Å². The van der Waals surface area contributed by atoms with Crippen LogP contribution in [0.15, 0.2) is 12.2 Å². The molecule has 0 saturated carbocycles. The highest BCUT2D eigenvalue weighted by Gasteiger charge is 2.13. The van der Waals surface area contributed by atoms with Gasteiger partial charge in [0.25, 0.3) is 0 Å². The molecule has 0 fully saturated rings. The zero-order chi connectivity index (χ0) is 11.1. The maximum atomic E-state index is 11.2. The third-order valence-corrected chi connectivity index (χ3v) is 3.63. The third-order valence-electron chi connectivity index (χ3n) is 2.14. The van der Waals surface area contributed by atoms with Gasteiger partial charge >= 0.3 is 5.97 Å². The van der Waals surface area contributed by atoms with E-state index in [1.165, 1.54) is 6.04 Å². The minimum absolute atomic E-state index is 0.0918. The first kappa shape index (κ1) is 13.4. The van der Waals surface area contributed by atoms with Crippen molar-refractivity contribution in [2.75, 3.05) is 0 Å². The number of carbonyl (C=O) groups excluding carboxylic acids is 1. The van der Waals surface area contributed by atoms with E-state index in [1.807, 2.05) is 0 Å². The molecule has 3 heteroatoms. The molecule has 82 valence electrons. The molecule has 0 radical (unpaired) electrons. The Morgan fingerprint density at radius 1 is 1.50 bits per heavy atom. The lowest BCUT2D eigenvalue weighted by molar-refractivity contribution is -0.144. The molecule has 0 aliphatic heterocycles. The lowest BCUT2D eigenvalue weighted by atomic mass is 10.2. The summed E-state index contributed by atoms with van der Waals surface area (Å²) in [6, 6.07) is 1.24. The second-order valence-corrected chi connectivity index (χ2v) is 7.55. The summed E-state index contributed by atoms with van der Waals surface area (Å²) in [7, 11) is -0.524. The van der Waals surface area contributed by atoms with Crippen molar-refractivity contribution < 1.29 is 9.53 Å². The van der Waals surface area contributed by atoms with E-state index in [0.717, 1.165) is 12.8 Å². The Kier molecular flexibility index (Phi) is 6.54. The van der Waals surface area contributed by atoms with Crippen molar-refractivity contribution >= 4 is 14.8 Å². The molecule has 0 spiro atoms. The SMILES string of the molecule is C=C(C)C(=O)OC(CC)CC[SiH](C)C. The summed E-state index contributed by atoms with van der Waals surface area (Å²) in [4.78, 5) is 11.2. The van der Waals surface area contributed by atoms with Crippen molar-refractivity contribution in [3.05, 3.63) is 12.2 Å². The molecule has 14 heavy (non-hydrogen) atoms. The summed E-state index contributed by atoms with van der Waals surface area (Å²) in [5, 5.41) is 0. The van der Waals surface area contributed by atoms with Crippen molar-refractivity contribution in [1.82, 2.24) is 0 Å². The van der Waals surface area contributed by atoms with Gasteiger partial charge < -0.3 is 4.74 Å². The Bertz CT molecular complexity index is 199. The van der Waals surface area contributed by atoms with Crippen molar-refractivity contribution in [1.29, 1.82) is 0 Å². The Morgan fingerprint density at radius 3 is 2.43 bits per heavy atom. The van der Waals surface area contributed by atoms with Crippen LogP contribution in [0.3, 0.4) is 0 Å². The summed E-state index contributed by atoms with van der Waals surface area (Å²) in [5.41, 5.74) is 0.491. The maximum Gasteiger partial charge on any atom is 0.333 e. The minimum atomic E-state index is -0.524. The zero-order valence-corrected chi connectivity index (χ0v) is 11.0. The van der Waals surface area contributed by atoms with Gasteiger partial charge in [-0.15, -0.1) is 0 Å². The number of hydrogen-bond acceptors (Lipinski definition) is 2. The van der Waals surface area contributed by atoms with Gasteiger partial charge in [-0.2, -0.15) is 0 Å². The summed E-state index contributed by atoms with van der Waals surface area (Å²) in [6.07, 6.45) is 2.01. The third kappa shape index (κ3) is 5.97. The number of esters is 1. The van der Waals surface area contributed by atoms with Crippen LogP contribution < -0.4 is 0 Å². The van der Waals surface area contributed by atoms with Gasteiger partial charge in [0, 0.05) is 14.4 Å². The predicted molar refractivity (Wildman–Crippen MR) is 63.3 cm³/mol. The van der Waals surface area contributed by atoms with Gasteiger partial charge in [0.05, 0.1) is 0 Å². The molecule has 2 nitrogen and oxygen atoms in total. The first-order valence-corrected chi connectivity index (χ1v) is 8.46. The fourth-order valence-electron chi connectivity index (χ4n) is 1.12. The van der Waals surface area contributed by atoms with Gasteiger partial charge in [-0.25, -0.2) is 4.79 Å². The molecule has 0 aromatic rings. The molecule has 0 N–H and O–H groups in total. The smallest absolute Gasteiger partial charge is 0.333 e. The monoisotopic (exact) mass is 214 g/mol. The van der Waals surface area contributed by atoms with Gasteiger partial charge in [-0.05, 0) is 19.8 Å². The number of hydrogen-bond donors (Lipinski definition) is 0. The van der Waals surface area contributed by atoms with Gasteiger partial charge in [-0.3, -0.25) is 0 Å². The molecule has 0 aliphatic carbocycles. The summed E-state index contributed by atoms with van der Waals surface area (Å²) >= 11 is 0. The van der Waals surface area contributed by atoms with Crippen molar-refractivity contribution in [3.63, 3.8) is 0 Å². The highest BCUT2D eigenvalue weighted by molar-refractivity contribution is 6.55. The van der Waals surface area contributed by atoms with Gasteiger partial charge in [-0.1, -0.05) is 32.6 Å². The van der Waals surface area contributed by atoms with Crippen LogP contribution in [0.4, 0.5) is 0 Å². The normalized spacial score (nSPS) is 12.6. The van der Waals surface area contributed by atoms with E-state index < -0.39 is 8.80 Å². The lowest BCUT2D eigenvalue weighted by Crippen LogP contribution is -2.19. The van der Waals surface area contributed by atoms with Crippen LogP contribution in [0.1, 0.15) is 26.7 Å². The Hall–Kier alpha value is -0.573. The molecule has 1 atom stereocenters. The molecular weight excluding hydrogens is 192 g/mol. The van der Waals surface area contributed by atoms with E-state index in [1.54, 1.807) is 6.92 Å². The Labute approximate surface area is 89.0 Å². The molecule has 0 aliphatic rings. The van der Waals surface area contributed by atoms with Crippen LogP contribution in [0, 0.1) is 0 Å². The van der Waals surface area contributed by atoms with E-state index in [4.69, 9.17) is 4.74 Å². The standard InChI is InChI=1S/C11H22O2Si/c1-6-10(7-8-14(4)5)13-11(12)9(2)3/h10,14H,2,6-8H2,1,3-5H3. The van der Waals surface area contributed by atoms with Crippen LogP contribution in [0.25, 0.3) is 0 Å². The number of carbonyl (C=O) groups is 1. The van der Waals surface area contributed by atoms with Gasteiger partial charge in [0.2, 0.25) is 0 Å². The number of rotatable bonds is 6. The molecule has 0 rings (SSSR count). The summed E-state index contributed by atoms with van der Waals surface area (Å²) in [6.45, 7) is 11.9. The molecule has 0 bridgehead atoms. The highest BCUT2D eigenvalue weighted by Crippen LogP contribution is 2.11. The van der Waals surface area contributed by atoms with E-state index in [-0.39, 0.29) is 12.1 Å². The van der Waals surface area contributed by atoms with E-state index in [0.29, 0.717) is 5.57 Å². The van der Waals surface area contributed by atoms with Crippen molar-refractivity contribution in [2.45, 2.75) is 51.9 Å². The van der Waals surface area contributed by atoms with Crippen LogP contribution in [-0.2, 0) is 9.53 Å². The second-order valence-electron chi connectivity index (χ2n) is 4.19. The van der Waals surface area contributed by atoms with Crippen molar-refractivity contribution in [2.24, 2.45) is 0 Å². The molecule has 0 heterocycles. The molecule has 0 amide bonds. The number of ether oxygens (including phenoxy) is 1. The molecular formula is C11H22O2Si. The fraction of sp³-hybridized carbons (Fsp3) is 0.727. The molecule has 0 saturated heterocycles. The topological polar surface area (TPSA) is 26.3 Å². The summed E-state index contributed by atoms with van der Waals surface area (Å²) < 4.78 is 5.30. The lowest BCUT2D eigenvalue weighted by Gasteiger charge is -2.16. The van der Waals surface area contributed by atoms with Crippen LogP contribution >= 0.6 is 0 Å². The maximum absolute atomic E-state index is 11.2. The Balaban J connectivity index is 3.90. The summed E-state index contributed by atoms with van der Waals surface area (Å²) in [5.74, 6) is -0.248. The quantitative estimate of drug-likeness (QED) is 0.386. The first-order valence-electron chi connectivity index (χ1n) is 5.33. The molecule has 1 unspecified atom stereocenters.